The van der Waals surface area contributed by atoms with Gasteiger partial charge < -0.3 is 9.84 Å². The molecule has 0 aromatic heterocycles. The Hall–Kier alpha value is -1.00. The summed E-state index contributed by atoms with van der Waals surface area (Å²) in [6.07, 6.45) is 2.70. The smallest absolute Gasteiger partial charge is 0.193 e. The molecule has 1 heterocycles. The van der Waals surface area contributed by atoms with E-state index < -0.39 is 5.60 Å². The van der Waals surface area contributed by atoms with Crippen LogP contribution in [0, 0.1) is 23.2 Å². The second-order valence-electron chi connectivity index (χ2n) is 9.56. The first-order valence-electron chi connectivity index (χ1n) is 9.21. The van der Waals surface area contributed by atoms with Gasteiger partial charge in [0.2, 0.25) is 0 Å². The molecule has 0 spiro atoms. The molecule has 0 bridgehead atoms. The van der Waals surface area contributed by atoms with Gasteiger partial charge in [-0.25, -0.2) is 0 Å². The Labute approximate surface area is 143 Å². The number of fused-ring (bicyclic) bond motifs is 3. The first-order chi connectivity index (χ1) is 11.0. The fourth-order valence-corrected chi connectivity index (χ4v) is 5.36. The van der Waals surface area contributed by atoms with Crippen molar-refractivity contribution in [3.05, 3.63) is 11.1 Å². The van der Waals surface area contributed by atoms with Crippen molar-refractivity contribution in [3.8, 4) is 0 Å². The second kappa shape index (κ2) is 4.59. The van der Waals surface area contributed by atoms with Crippen LogP contribution in [0.2, 0.25) is 0 Å². The van der Waals surface area contributed by atoms with Crippen molar-refractivity contribution < 1.29 is 19.4 Å². The van der Waals surface area contributed by atoms with Crippen LogP contribution in [0.15, 0.2) is 11.1 Å². The average molecular weight is 332 g/mol. The molecule has 0 aromatic carbocycles. The Morgan fingerprint density at radius 1 is 1.12 bits per heavy atom. The predicted molar refractivity (Wildman–Crippen MR) is 89.3 cm³/mol. The lowest BCUT2D eigenvalue weighted by Crippen LogP contribution is -2.33. The van der Waals surface area contributed by atoms with Gasteiger partial charge in [-0.3, -0.25) is 9.59 Å². The van der Waals surface area contributed by atoms with E-state index in [4.69, 9.17) is 4.74 Å². The van der Waals surface area contributed by atoms with E-state index in [0.29, 0.717) is 28.4 Å². The normalized spacial score (nSPS) is 49.9. The van der Waals surface area contributed by atoms with Gasteiger partial charge in [0.1, 0.15) is 11.7 Å². The number of carbonyl (C=O) groups is 2. The van der Waals surface area contributed by atoms with Gasteiger partial charge in [-0.2, -0.15) is 0 Å². The van der Waals surface area contributed by atoms with E-state index in [1.54, 1.807) is 0 Å². The third kappa shape index (κ3) is 2.12. The van der Waals surface area contributed by atoms with Crippen molar-refractivity contribution in [2.45, 2.75) is 77.6 Å². The van der Waals surface area contributed by atoms with Crippen LogP contribution in [0.5, 0.6) is 0 Å². The summed E-state index contributed by atoms with van der Waals surface area (Å²) in [6, 6.07) is 0. The maximum atomic E-state index is 13.1. The Morgan fingerprint density at radius 3 is 2.46 bits per heavy atom. The van der Waals surface area contributed by atoms with Gasteiger partial charge in [0.15, 0.2) is 11.6 Å². The molecule has 4 heteroatoms. The highest BCUT2D eigenvalue weighted by Crippen LogP contribution is 2.64. The highest BCUT2D eigenvalue weighted by atomic mass is 16.6. The van der Waals surface area contributed by atoms with E-state index >= 15 is 0 Å². The van der Waals surface area contributed by atoms with Crippen molar-refractivity contribution in [2.24, 2.45) is 23.2 Å². The molecule has 1 aliphatic heterocycles. The fourth-order valence-electron chi connectivity index (χ4n) is 5.36. The first kappa shape index (κ1) is 16.5. The highest BCUT2D eigenvalue weighted by Gasteiger charge is 2.64. The minimum atomic E-state index is -1.46. The maximum Gasteiger partial charge on any atom is 0.193 e. The van der Waals surface area contributed by atoms with Crippen molar-refractivity contribution in [1.82, 2.24) is 0 Å². The summed E-state index contributed by atoms with van der Waals surface area (Å²) in [5.74, 6) is 0.834. The van der Waals surface area contributed by atoms with E-state index in [1.165, 1.54) is 6.92 Å². The zero-order valence-corrected chi connectivity index (χ0v) is 15.3. The van der Waals surface area contributed by atoms with Gasteiger partial charge in [-0.05, 0) is 50.4 Å². The Kier molecular flexibility index (Phi) is 3.15. The van der Waals surface area contributed by atoms with Crippen LogP contribution in [0.1, 0.15) is 60.3 Å². The van der Waals surface area contributed by atoms with Crippen molar-refractivity contribution in [3.63, 3.8) is 0 Å². The number of hydrogen-bond acceptors (Lipinski definition) is 4. The summed E-state index contributed by atoms with van der Waals surface area (Å²) < 4.78 is 5.93. The number of hydrogen-bond donors (Lipinski definition) is 1. The molecule has 2 fully saturated rings. The van der Waals surface area contributed by atoms with Crippen LogP contribution in [-0.2, 0) is 14.3 Å². The minimum Gasteiger partial charge on any atom is -0.382 e. The predicted octanol–water partition coefficient (Wildman–Crippen LogP) is 2.83. The lowest BCUT2D eigenvalue weighted by Gasteiger charge is -2.16. The Morgan fingerprint density at radius 2 is 1.79 bits per heavy atom. The summed E-state index contributed by atoms with van der Waals surface area (Å²) in [5, 5.41) is 10.4. The van der Waals surface area contributed by atoms with Crippen molar-refractivity contribution in [1.29, 1.82) is 0 Å². The quantitative estimate of drug-likeness (QED) is 0.693. The summed E-state index contributed by atoms with van der Waals surface area (Å²) in [5.41, 5.74) is -0.521. The molecule has 24 heavy (non-hydrogen) atoms. The van der Waals surface area contributed by atoms with E-state index in [2.05, 4.69) is 13.8 Å². The lowest BCUT2D eigenvalue weighted by molar-refractivity contribution is -0.130. The minimum absolute atomic E-state index is 0.0392. The molecule has 4 rings (SSSR count). The second-order valence-corrected chi connectivity index (χ2v) is 9.56. The monoisotopic (exact) mass is 332 g/mol. The third-order valence-electron chi connectivity index (χ3n) is 7.32. The standard InChI is InChI=1S/C20H28O4/c1-10-8-13-12(18(13,2)3)6-7-20(5)17(24-20)14-11(15(10)21)9-19(4,23)16(14)22/h10,12-13,17,23H,6-9H2,1-5H3/t10-,12+,13-,17+,19-,20?/m1/s1. The zero-order valence-electron chi connectivity index (χ0n) is 15.3. The number of epoxide rings is 1. The summed E-state index contributed by atoms with van der Waals surface area (Å²) in [6.45, 7) is 10.1. The molecule has 1 N–H and O–H groups in total. The Balaban J connectivity index is 1.73. The topological polar surface area (TPSA) is 66.9 Å². The molecule has 0 radical (unpaired) electrons. The maximum absolute atomic E-state index is 13.1. The molecule has 0 aromatic rings. The molecule has 132 valence electrons. The third-order valence-corrected chi connectivity index (χ3v) is 7.32. The largest absolute Gasteiger partial charge is 0.382 e. The molecule has 4 nitrogen and oxygen atoms in total. The summed E-state index contributed by atoms with van der Waals surface area (Å²) in [4.78, 5) is 25.7. The molecular formula is C20H28O4. The van der Waals surface area contributed by atoms with E-state index in [1.807, 2.05) is 13.8 Å². The van der Waals surface area contributed by atoms with Crippen LogP contribution < -0.4 is 0 Å². The number of aliphatic hydroxyl groups is 1. The zero-order chi connectivity index (χ0) is 17.7. The molecule has 4 aliphatic rings. The molecule has 6 atom stereocenters. The van der Waals surface area contributed by atoms with E-state index in [-0.39, 0.29) is 35.6 Å². The molecule has 0 amide bonds. The van der Waals surface area contributed by atoms with Crippen molar-refractivity contribution in [2.75, 3.05) is 0 Å². The van der Waals surface area contributed by atoms with Gasteiger partial charge in [0, 0.05) is 23.5 Å². The van der Waals surface area contributed by atoms with E-state index in [9.17, 15) is 14.7 Å². The van der Waals surface area contributed by atoms with Gasteiger partial charge in [-0.1, -0.05) is 20.8 Å². The van der Waals surface area contributed by atoms with Crippen LogP contribution in [-0.4, -0.2) is 34.0 Å². The molecular weight excluding hydrogens is 304 g/mol. The number of ether oxygens (including phenoxy) is 1. The number of Topliss-reactive ketones (excluding diaryl/α,β-unsaturated/α-hetero) is 2. The SMILES string of the molecule is C[C@@H]1C[C@@H]2[C@H](CCC3(C)O[C@H]3C3=C(C[C@@](C)(O)C3=O)C1=O)C2(C)C. The van der Waals surface area contributed by atoms with Gasteiger partial charge in [-0.15, -0.1) is 0 Å². The highest BCUT2D eigenvalue weighted by molar-refractivity contribution is 6.15. The number of carbonyl (C=O) groups excluding carboxylic acids is 2. The number of rotatable bonds is 0. The van der Waals surface area contributed by atoms with Gasteiger partial charge in [0.25, 0.3) is 0 Å². The molecule has 1 unspecified atom stereocenters. The summed E-state index contributed by atoms with van der Waals surface area (Å²) in [7, 11) is 0. The van der Waals surface area contributed by atoms with Gasteiger partial charge >= 0.3 is 0 Å². The summed E-state index contributed by atoms with van der Waals surface area (Å²) >= 11 is 0. The van der Waals surface area contributed by atoms with Crippen LogP contribution in [0.4, 0.5) is 0 Å². The molecule has 1 saturated heterocycles. The van der Waals surface area contributed by atoms with Crippen molar-refractivity contribution >= 4 is 11.6 Å². The van der Waals surface area contributed by atoms with Crippen LogP contribution in [0.25, 0.3) is 0 Å². The lowest BCUT2D eigenvalue weighted by atomic mass is 9.88. The van der Waals surface area contributed by atoms with Gasteiger partial charge in [0.05, 0.1) is 5.60 Å². The fraction of sp³-hybridized carbons (Fsp3) is 0.800. The number of ketones is 2. The van der Waals surface area contributed by atoms with Crippen LogP contribution >= 0.6 is 0 Å². The molecule has 3 aliphatic carbocycles. The molecule has 1 saturated carbocycles. The Bertz CT molecular complexity index is 671. The van der Waals surface area contributed by atoms with E-state index in [0.717, 1.165) is 19.3 Å². The van der Waals surface area contributed by atoms with Crippen LogP contribution in [0.3, 0.4) is 0 Å². The average Bonchev–Trinajstić information content (AvgIpc) is 3.25. The first-order valence-corrected chi connectivity index (χ1v) is 9.21.